The number of phenolic OH excluding ortho intramolecular Hbond substituents is 1. The summed E-state index contributed by atoms with van der Waals surface area (Å²) in [4.78, 5) is 12.7. The van der Waals surface area contributed by atoms with Gasteiger partial charge in [-0.15, -0.1) is 10.2 Å². The summed E-state index contributed by atoms with van der Waals surface area (Å²) in [5.74, 6) is -0.663. The summed E-state index contributed by atoms with van der Waals surface area (Å²) in [7, 11) is -3.07. The fourth-order valence-electron chi connectivity index (χ4n) is 3.63. The molecule has 0 saturated carbocycles. The van der Waals surface area contributed by atoms with Crippen LogP contribution in [0.4, 0.5) is 17.1 Å². The predicted molar refractivity (Wildman–Crippen MR) is 142 cm³/mol. The second-order valence-corrected chi connectivity index (χ2v) is 10.1. The van der Waals surface area contributed by atoms with E-state index < -0.39 is 21.8 Å². The lowest BCUT2D eigenvalue weighted by molar-refractivity contribution is 0.102. The minimum atomic E-state index is -4.53. The van der Waals surface area contributed by atoms with E-state index in [0.29, 0.717) is 22.2 Å². The smallest absolute Gasteiger partial charge is 0.294 e. The maximum Gasteiger partial charge on any atom is 0.294 e. The average Bonchev–Trinajstić information content (AvgIpc) is 2.83. The quantitative estimate of drug-likeness (QED) is 0.170. The molecule has 0 spiro atoms. The van der Waals surface area contributed by atoms with E-state index in [1.54, 1.807) is 36.4 Å². The Labute approximate surface area is 222 Å². The number of anilines is 1. The highest BCUT2D eigenvalue weighted by Gasteiger charge is 2.20. The molecule has 37 heavy (non-hydrogen) atoms. The Hall–Kier alpha value is -3.70. The van der Waals surface area contributed by atoms with Crippen molar-refractivity contribution in [2.45, 2.75) is 11.8 Å². The topological polar surface area (TPSA) is 138 Å². The van der Waals surface area contributed by atoms with Crippen molar-refractivity contribution >= 4 is 67.1 Å². The monoisotopic (exact) mass is 559 g/mol. The molecular formula is C25H19Cl2N3O6S. The Bertz CT molecular complexity index is 1690. The summed E-state index contributed by atoms with van der Waals surface area (Å²) in [5, 5.41) is 23.2. The molecular weight excluding hydrogens is 541 g/mol. The first kappa shape index (κ1) is 26.4. The summed E-state index contributed by atoms with van der Waals surface area (Å²) >= 11 is 12.3. The second kappa shape index (κ2) is 10.3. The third-order valence-corrected chi connectivity index (χ3v) is 7.02. The van der Waals surface area contributed by atoms with Crippen molar-refractivity contribution in [2.24, 2.45) is 10.2 Å². The van der Waals surface area contributed by atoms with Crippen LogP contribution in [0.5, 0.6) is 11.5 Å². The first-order valence-corrected chi connectivity index (χ1v) is 12.8. The zero-order chi connectivity index (χ0) is 26.9. The molecule has 0 aliphatic rings. The van der Waals surface area contributed by atoms with Crippen molar-refractivity contribution < 1.29 is 27.6 Å². The molecule has 4 aromatic rings. The number of rotatable bonds is 6. The molecule has 1 amide bonds. The molecule has 0 fully saturated rings. The molecule has 12 heteroatoms. The first-order chi connectivity index (χ1) is 17.5. The lowest BCUT2D eigenvalue weighted by atomic mass is 10.0. The Morgan fingerprint density at radius 2 is 1.73 bits per heavy atom. The number of methoxy groups -OCH3 is 1. The van der Waals surface area contributed by atoms with Gasteiger partial charge in [-0.05, 0) is 54.3 Å². The number of fused-ring (bicyclic) bond motifs is 1. The minimum absolute atomic E-state index is 0.0407. The van der Waals surface area contributed by atoms with E-state index in [9.17, 15) is 22.9 Å². The molecule has 0 bridgehead atoms. The van der Waals surface area contributed by atoms with Crippen LogP contribution in [0.25, 0.3) is 10.8 Å². The van der Waals surface area contributed by atoms with Gasteiger partial charge in [-0.1, -0.05) is 47.5 Å². The van der Waals surface area contributed by atoms with Crippen molar-refractivity contribution in [3.8, 4) is 11.5 Å². The molecule has 190 valence electrons. The minimum Gasteiger partial charge on any atom is -0.505 e. The average molecular weight is 560 g/mol. The lowest BCUT2D eigenvalue weighted by Crippen LogP contribution is -2.12. The first-order valence-electron chi connectivity index (χ1n) is 10.6. The summed E-state index contributed by atoms with van der Waals surface area (Å²) in [6, 6.07) is 15.4. The van der Waals surface area contributed by atoms with E-state index in [-0.39, 0.29) is 37.4 Å². The number of aromatic hydroxyl groups is 1. The van der Waals surface area contributed by atoms with Gasteiger partial charge < -0.3 is 15.2 Å². The number of hydrogen-bond acceptors (Lipinski definition) is 7. The molecule has 0 saturated heterocycles. The highest BCUT2D eigenvalue weighted by Crippen LogP contribution is 2.41. The number of amides is 1. The van der Waals surface area contributed by atoms with Gasteiger partial charge in [0.15, 0.2) is 5.75 Å². The maximum atomic E-state index is 13.1. The van der Waals surface area contributed by atoms with E-state index in [2.05, 4.69) is 15.5 Å². The number of nitrogens with zero attached hydrogens (tertiary/aromatic N) is 2. The molecule has 0 aliphatic heterocycles. The zero-order valence-electron chi connectivity index (χ0n) is 19.4. The maximum absolute atomic E-state index is 13.1. The molecule has 3 N–H and O–H groups in total. The van der Waals surface area contributed by atoms with Crippen LogP contribution < -0.4 is 10.1 Å². The van der Waals surface area contributed by atoms with Crippen LogP contribution in [-0.2, 0) is 10.1 Å². The van der Waals surface area contributed by atoms with Gasteiger partial charge in [-0.2, -0.15) is 8.42 Å². The van der Waals surface area contributed by atoms with Crippen molar-refractivity contribution in [2.75, 3.05) is 12.4 Å². The summed E-state index contributed by atoms with van der Waals surface area (Å²) in [6.07, 6.45) is 0. The number of nitrogens with one attached hydrogen (secondary N) is 1. The molecule has 0 heterocycles. The number of phenols is 1. The van der Waals surface area contributed by atoms with Crippen molar-refractivity contribution in [3.05, 3.63) is 81.8 Å². The number of carbonyl (C=O) groups is 1. The number of carbonyl (C=O) groups excluding carboxylic acids is 1. The van der Waals surface area contributed by atoms with Gasteiger partial charge in [0.1, 0.15) is 17.1 Å². The molecule has 4 rings (SSSR count). The summed E-state index contributed by atoms with van der Waals surface area (Å²) in [5.41, 5.74) is 0.396. The van der Waals surface area contributed by atoms with Crippen LogP contribution in [0.1, 0.15) is 15.9 Å². The van der Waals surface area contributed by atoms with Gasteiger partial charge in [0, 0.05) is 11.1 Å². The fraction of sp³-hybridized carbons (Fsp3) is 0.0800. The molecule has 0 aromatic heterocycles. The van der Waals surface area contributed by atoms with Crippen LogP contribution in [-0.4, -0.2) is 31.1 Å². The summed E-state index contributed by atoms with van der Waals surface area (Å²) in [6.45, 7) is 1.47. The highest BCUT2D eigenvalue weighted by molar-refractivity contribution is 7.85. The molecule has 4 aromatic carbocycles. The number of ether oxygens (including phenoxy) is 1. The van der Waals surface area contributed by atoms with Gasteiger partial charge in [-0.25, -0.2) is 0 Å². The SMILES string of the molecule is COc1ccc(NC(=O)c2cc3ccccc3c(N=Nc3cc(S(=O)(=O)O)c(C)cc3Cl)c2O)cc1Cl. The fourth-order valence-corrected chi connectivity index (χ4v) is 4.87. The summed E-state index contributed by atoms with van der Waals surface area (Å²) < 4.78 is 38.0. The number of halogens is 2. The van der Waals surface area contributed by atoms with Crippen molar-refractivity contribution in [1.29, 1.82) is 0 Å². The third-order valence-electron chi connectivity index (χ3n) is 5.43. The van der Waals surface area contributed by atoms with E-state index in [1.807, 2.05) is 0 Å². The van der Waals surface area contributed by atoms with Gasteiger partial charge in [-0.3, -0.25) is 9.35 Å². The Balaban J connectivity index is 1.79. The molecule has 0 aliphatic carbocycles. The number of azo groups is 1. The van der Waals surface area contributed by atoms with Crippen molar-refractivity contribution in [1.82, 2.24) is 0 Å². The van der Waals surface area contributed by atoms with Gasteiger partial charge in [0.05, 0.1) is 27.6 Å². The Morgan fingerprint density at radius 1 is 1.00 bits per heavy atom. The third kappa shape index (κ3) is 5.52. The van der Waals surface area contributed by atoms with Crippen LogP contribution in [0.15, 0.2) is 75.8 Å². The highest BCUT2D eigenvalue weighted by atomic mass is 35.5. The Kier molecular flexibility index (Phi) is 7.37. The van der Waals surface area contributed by atoms with E-state index in [0.717, 1.165) is 6.07 Å². The molecule has 9 nitrogen and oxygen atoms in total. The number of hydrogen-bond donors (Lipinski definition) is 3. The molecule has 0 radical (unpaired) electrons. The van der Waals surface area contributed by atoms with E-state index in [4.69, 9.17) is 27.9 Å². The largest absolute Gasteiger partial charge is 0.505 e. The van der Waals surface area contributed by atoms with E-state index in [1.165, 1.54) is 32.2 Å². The standard InChI is InChI=1S/C25H19Cl2N3O6S/c1-13-9-18(26)20(12-22(13)37(33,34)35)29-30-23-16-6-4-3-5-14(16)10-17(24(23)31)25(32)28-15-7-8-21(36-2)19(27)11-15/h3-12,31H,1-2H3,(H,28,32)(H,33,34,35). The molecule has 0 unspecified atom stereocenters. The van der Waals surface area contributed by atoms with Gasteiger partial charge in [0.2, 0.25) is 0 Å². The normalized spacial score (nSPS) is 11.7. The lowest BCUT2D eigenvalue weighted by Gasteiger charge is -2.12. The van der Waals surface area contributed by atoms with Crippen LogP contribution in [0.2, 0.25) is 10.0 Å². The predicted octanol–water partition coefficient (Wildman–Crippen LogP) is 7.08. The number of aryl methyl sites for hydroxylation is 1. The van der Waals surface area contributed by atoms with Gasteiger partial charge in [0.25, 0.3) is 16.0 Å². The van der Waals surface area contributed by atoms with Gasteiger partial charge >= 0.3 is 0 Å². The van der Waals surface area contributed by atoms with Crippen LogP contribution in [0.3, 0.4) is 0 Å². The second-order valence-electron chi connectivity index (χ2n) is 7.89. The van der Waals surface area contributed by atoms with Crippen LogP contribution in [0, 0.1) is 6.92 Å². The van der Waals surface area contributed by atoms with Crippen LogP contribution >= 0.6 is 23.2 Å². The number of benzene rings is 4. The Morgan fingerprint density at radius 3 is 2.41 bits per heavy atom. The van der Waals surface area contributed by atoms with Crippen molar-refractivity contribution in [3.63, 3.8) is 0 Å². The zero-order valence-corrected chi connectivity index (χ0v) is 21.7. The van der Waals surface area contributed by atoms with E-state index >= 15 is 0 Å². The molecule has 0 atom stereocenters.